The average Bonchev–Trinajstić information content (AvgIpc) is 2.51. The summed E-state index contributed by atoms with van der Waals surface area (Å²) in [5.41, 5.74) is 2.14. The summed E-state index contributed by atoms with van der Waals surface area (Å²) in [7, 11) is 1.62. The van der Waals surface area contributed by atoms with Gasteiger partial charge in [0.2, 0.25) is 5.88 Å². The SMILES string of the molecule is COc1ncccc1COc1cccc(CNC(C)C)c1. The van der Waals surface area contributed by atoms with Crippen LogP contribution in [0, 0.1) is 0 Å². The van der Waals surface area contributed by atoms with Crippen LogP contribution in [0.3, 0.4) is 0 Å². The van der Waals surface area contributed by atoms with Crippen molar-refractivity contribution in [1.29, 1.82) is 0 Å². The summed E-state index contributed by atoms with van der Waals surface area (Å²) in [6.45, 7) is 5.55. The minimum atomic E-state index is 0.443. The normalized spacial score (nSPS) is 10.7. The van der Waals surface area contributed by atoms with Gasteiger partial charge in [0, 0.05) is 18.8 Å². The Labute approximate surface area is 126 Å². The Kier molecular flexibility index (Phi) is 5.58. The summed E-state index contributed by atoms with van der Waals surface area (Å²) in [4.78, 5) is 4.16. The molecule has 0 aliphatic rings. The van der Waals surface area contributed by atoms with E-state index >= 15 is 0 Å². The van der Waals surface area contributed by atoms with Gasteiger partial charge in [-0.1, -0.05) is 26.0 Å². The lowest BCUT2D eigenvalue weighted by Gasteiger charge is -2.11. The first-order valence-electron chi connectivity index (χ1n) is 7.12. The maximum Gasteiger partial charge on any atom is 0.219 e. The Morgan fingerprint density at radius 3 is 2.81 bits per heavy atom. The van der Waals surface area contributed by atoms with E-state index in [4.69, 9.17) is 9.47 Å². The van der Waals surface area contributed by atoms with E-state index in [-0.39, 0.29) is 0 Å². The van der Waals surface area contributed by atoms with Gasteiger partial charge < -0.3 is 14.8 Å². The molecule has 21 heavy (non-hydrogen) atoms. The molecule has 4 nitrogen and oxygen atoms in total. The quantitative estimate of drug-likeness (QED) is 0.849. The molecule has 0 saturated heterocycles. The van der Waals surface area contributed by atoms with E-state index in [1.165, 1.54) is 5.56 Å². The van der Waals surface area contributed by atoms with Crippen molar-refractivity contribution in [2.75, 3.05) is 7.11 Å². The highest BCUT2D eigenvalue weighted by atomic mass is 16.5. The second kappa shape index (κ2) is 7.64. The molecule has 0 atom stereocenters. The highest BCUT2D eigenvalue weighted by Gasteiger charge is 2.04. The molecule has 1 aromatic carbocycles. The zero-order valence-electron chi connectivity index (χ0n) is 12.8. The summed E-state index contributed by atoms with van der Waals surface area (Å²) >= 11 is 0. The molecule has 0 fully saturated rings. The minimum absolute atomic E-state index is 0.443. The molecular weight excluding hydrogens is 264 g/mol. The molecular formula is C17H22N2O2. The van der Waals surface area contributed by atoms with E-state index in [0.717, 1.165) is 17.9 Å². The van der Waals surface area contributed by atoms with Gasteiger partial charge in [-0.2, -0.15) is 0 Å². The van der Waals surface area contributed by atoms with Crippen LogP contribution in [0.25, 0.3) is 0 Å². The van der Waals surface area contributed by atoms with E-state index < -0.39 is 0 Å². The molecule has 0 radical (unpaired) electrons. The lowest BCUT2D eigenvalue weighted by molar-refractivity contribution is 0.293. The van der Waals surface area contributed by atoms with Crippen LogP contribution in [0.4, 0.5) is 0 Å². The number of hydrogen-bond donors (Lipinski definition) is 1. The molecule has 2 rings (SSSR count). The van der Waals surface area contributed by atoms with Gasteiger partial charge in [-0.15, -0.1) is 0 Å². The van der Waals surface area contributed by atoms with Gasteiger partial charge >= 0.3 is 0 Å². The fraction of sp³-hybridized carbons (Fsp3) is 0.353. The number of hydrogen-bond acceptors (Lipinski definition) is 4. The van der Waals surface area contributed by atoms with Gasteiger partial charge in [-0.05, 0) is 29.8 Å². The van der Waals surface area contributed by atoms with E-state index in [1.54, 1.807) is 13.3 Å². The molecule has 0 saturated carbocycles. The zero-order valence-corrected chi connectivity index (χ0v) is 12.8. The molecule has 0 aliphatic heterocycles. The van der Waals surface area contributed by atoms with Crippen LogP contribution in [-0.2, 0) is 13.2 Å². The van der Waals surface area contributed by atoms with Crippen LogP contribution in [-0.4, -0.2) is 18.1 Å². The molecule has 0 unspecified atom stereocenters. The van der Waals surface area contributed by atoms with Crippen molar-refractivity contribution >= 4 is 0 Å². The fourth-order valence-corrected chi connectivity index (χ4v) is 1.95. The van der Waals surface area contributed by atoms with Gasteiger partial charge in [0.05, 0.1) is 12.7 Å². The standard InChI is InChI=1S/C17H22N2O2/c1-13(2)19-11-14-6-4-8-16(10-14)21-12-15-7-5-9-18-17(15)20-3/h4-10,13,19H,11-12H2,1-3H3. The van der Waals surface area contributed by atoms with Crippen LogP contribution in [0.5, 0.6) is 11.6 Å². The van der Waals surface area contributed by atoms with Gasteiger partial charge in [0.25, 0.3) is 0 Å². The average molecular weight is 286 g/mol. The second-order valence-corrected chi connectivity index (χ2v) is 5.14. The van der Waals surface area contributed by atoms with Crippen LogP contribution < -0.4 is 14.8 Å². The number of methoxy groups -OCH3 is 1. The first-order valence-corrected chi connectivity index (χ1v) is 7.12. The van der Waals surface area contributed by atoms with E-state index in [9.17, 15) is 0 Å². The molecule has 1 heterocycles. The summed E-state index contributed by atoms with van der Waals surface area (Å²) in [5.74, 6) is 1.46. The number of rotatable bonds is 7. The Balaban J connectivity index is 1.98. The van der Waals surface area contributed by atoms with E-state index in [1.807, 2.05) is 24.3 Å². The summed E-state index contributed by atoms with van der Waals surface area (Å²) in [6.07, 6.45) is 1.71. The molecule has 1 aromatic heterocycles. The van der Waals surface area contributed by atoms with Gasteiger partial charge in [-0.25, -0.2) is 4.98 Å². The van der Waals surface area contributed by atoms with Crippen molar-refractivity contribution in [3.05, 3.63) is 53.7 Å². The number of nitrogens with zero attached hydrogens (tertiary/aromatic N) is 1. The van der Waals surface area contributed by atoms with Crippen molar-refractivity contribution in [2.45, 2.75) is 33.0 Å². The number of ether oxygens (including phenoxy) is 2. The third-order valence-electron chi connectivity index (χ3n) is 3.05. The van der Waals surface area contributed by atoms with Crippen molar-refractivity contribution < 1.29 is 9.47 Å². The Morgan fingerprint density at radius 2 is 2.05 bits per heavy atom. The Bertz CT molecular complexity index is 570. The lowest BCUT2D eigenvalue weighted by Crippen LogP contribution is -2.21. The molecule has 0 amide bonds. The monoisotopic (exact) mass is 286 g/mol. The smallest absolute Gasteiger partial charge is 0.219 e. The second-order valence-electron chi connectivity index (χ2n) is 5.14. The lowest BCUT2D eigenvalue weighted by atomic mass is 10.2. The maximum absolute atomic E-state index is 5.83. The number of pyridine rings is 1. The van der Waals surface area contributed by atoms with Crippen molar-refractivity contribution in [1.82, 2.24) is 10.3 Å². The topological polar surface area (TPSA) is 43.4 Å². The summed E-state index contributed by atoms with van der Waals surface area (Å²) in [5, 5.41) is 3.40. The molecule has 0 bridgehead atoms. The van der Waals surface area contributed by atoms with Crippen molar-refractivity contribution in [3.63, 3.8) is 0 Å². The van der Waals surface area contributed by atoms with Gasteiger partial charge in [0.15, 0.2) is 0 Å². The van der Waals surface area contributed by atoms with Crippen LogP contribution in [0.2, 0.25) is 0 Å². The summed E-state index contributed by atoms with van der Waals surface area (Å²) in [6, 6.07) is 12.4. The van der Waals surface area contributed by atoms with E-state index in [0.29, 0.717) is 18.5 Å². The largest absolute Gasteiger partial charge is 0.489 e. The molecule has 4 heteroatoms. The zero-order chi connectivity index (χ0) is 15.1. The van der Waals surface area contributed by atoms with Crippen LogP contribution >= 0.6 is 0 Å². The molecule has 0 aliphatic carbocycles. The molecule has 112 valence electrons. The third-order valence-corrected chi connectivity index (χ3v) is 3.05. The molecule has 2 aromatic rings. The van der Waals surface area contributed by atoms with Gasteiger partial charge in [0.1, 0.15) is 12.4 Å². The molecule has 1 N–H and O–H groups in total. The van der Waals surface area contributed by atoms with Crippen molar-refractivity contribution in [3.8, 4) is 11.6 Å². The Hall–Kier alpha value is -2.07. The maximum atomic E-state index is 5.83. The first-order chi connectivity index (χ1) is 10.2. The number of aromatic nitrogens is 1. The van der Waals surface area contributed by atoms with Crippen LogP contribution in [0.1, 0.15) is 25.0 Å². The Morgan fingerprint density at radius 1 is 1.19 bits per heavy atom. The molecule has 0 spiro atoms. The number of benzene rings is 1. The summed E-state index contributed by atoms with van der Waals surface area (Å²) < 4.78 is 11.1. The predicted octanol–water partition coefficient (Wildman–Crippen LogP) is 3.17. The first kappa shape index (κ1) is 15.3. The third kappa shape index (κ3) is 4.76. The number of nitrogens with one attached hydrogen (secondary N) is 1. The van der Waals surface area contributed by atoms with Crippen LogP contribution in [0.15, 0.2) is 42.6 Å². The van der Waals surface area contributed by atoms with E-state index in [2.05, 4.69) is 36.3 Å². The highest BCUT2D eigenvalue weighted by molar-refractivity contribution is 5.30. The highest BCUT2D eigenvalue weighted by Crippen LogP contribution is 2.19. The minimum Gasteiger partial charge on any atom is -0.489 e. The van der Waals surface area contributed by atoms with Crippen molar-refractivity contribution in [2.24, 2.45) is 0 Å². The fourth-order valence-electron chi connectivity index (χ4n) is 1.95. The predicted molar refractivity (Wildman–Crippen MR) is 83.5 cm³/mol. The van der Waals surface area contributed by atoms with Gasteiger partial charge in [-0.3, -0.25) is 0 Å².